The van der Waals surface area contributed by atoms with Gasteiger partial charge in [-0.15, -0.1) is 0 Å². The highest BCUT2D eigenvalue weighted by Crippen LogP contribution is 2.39. The van der Waals surface area contributed by atoms with E-state index in [0.717, 1.165) is 11.2 Å². The lowest BCUT2D eigenvalue weighted by molar-refractivity contribution is 0.00578. The molecule has 1 saturated heterocycles. The van der Waals surface area contributed by atoms with Crippen molar-refractivity contribution in [3.05, 3.63) is 11.7 Å². The molecule has 0 unspecified atom stereocenters. The minimum absolute atomic E-state index is 0.316. The molecule has 0 spiro atoms. The Kier molecular flexibility index (Phi) is 2.87. The molecule has 1 fully saturated rings. The zero-order valence-electron chi connectivity index (χ0n) is 11.4. The van der Waals surface area contributed by atoms with E-state index in [-0.39, 0.29) is 18.3 Å². The molecular formula is C12H20BN2O2. The molecule has 0 amide bonds. The Morgan fingerprint density at radius 1 is 1.12 bits per heavy atom. The molecule has 1 radical (unpaired) electrons. The standard InChI is InChI=1S/C12H20BN2O2/c1-8(2)10-9(7-14-15-10)13-16-11(3,4)12(5,6)17-13/h7-8H,1-6H3. The van der Waals surface area contributed by atoms with Crippen LogP contribution < -0.4 is 5.43 Å². The van der Waals surface area contributed by atoms with E-state index in [1.165, 1.54) is 0 Å². The first kappa shape index (κ1) is 12.6. The largest absolute Gasteiger partial charge is 0.498 e. The van der Waals surface area contributed by atoms with Gasteiger partial charge in [-0.1, -0.05) is 13.8 Å². The van der Waals surface area contributed by atoms with Crippen LogP contribution in [0, 0.1) is 5.92 Å². The summed E-state index contributed by atoms with van der Waals surface area (Å²) in [6, 6.07) is 0. The van der Waals surface area contributed by atoms with Crippen LogP contribution >= 0.6 is 0 Å². The maximum Gasteiger partial charge on any atom is 0.498 e. The van der Waals surface area contributed by atoms with Gasteiger partial charge in [0.1, 0.15) is 0 Å². The number of nitrogens with zero attached hydrogens (tertiary/aromatic N) is 2. The second kappa shape index (κ2) is 3.85. The average molecular weight is 235 g/mol. The van der Waals surface area contributed by atoms with Gasteiger partial charge in [0.25, 0.3) is 0 Å². The number of hydrogen-bond donors (Lipinski definition) is 0. The molecule has 0 bridgehead atoms. The molecule has 0 aromatic heterocycles. The molecule has 17 heavy (non-hydrogen) atoms. The predicted octanol–water partition coefficient (Wildman–Crippen LogP) is 2.13. The summed E-state index contributed by atoms with van der Waals surface area (Å²) >= 11 is 0. The topological polar surface area (TPSA) is 44.9 Å². The fourth-order valence-electron chi connectivity index (χ4n) is 1.88. The summed E-state index contributed by atoms with van der Waals surface area (Å²) in [7, 11) is -0.354. The molecule has 0 aromatic rings. The van der Waals surface area contributed by atoms with Crippen molar-refractivity contribution in [1.82, 2.24) is 5.43 Å². The van der Waals surface area contributed by atoms with Crippen LogP contribution in [0.5, 0.6) is 0 Å². The Morgan fingerprint density at radius 3 is 2.12 bits per heavy atom. The fraction of sp³-hybridized carbons (Fsp3) is 0.750. The van der Waals surface area contributed by atoms with Crippen LogP contribution in [-0.4, -0.2) is 24.0 Å². The minimum atomic E-state index is -0.354. The summed E-state index contributed by atoms with van der Waals surface area (Å²) in [5.41, 5.74) is 5.26. The van der Waals surface area contributed by atoms with Crippen LogP contribution in [0.2, 0.25) is 0 Å². The molecular weight excluding hydrogens is 215 g/mol. The fourth-order valence-corrected chi connectivity index (χ4v) is 1.88. The summed E-state index contributed by atoms with van der Waals surface area (Å²) in [6.07, 6.45) is 1.75. The van der Waals surface area contributed by atoms with Crippen molar-refractivity contribution in [2.75, 3.05) is 0 Å². The van der Waals surface area contributed by atoms with Gasteiger partial charge in [-0.3, -0.25) is 0 Å². The molecule has 0 N–H and O–H groups in total. The van der Waals surface area contributed by atoms with E-state index in [1.54, 1.807) is 6.20 Å². The number of hydrogen-bond acceptors (Lipinski definition) is 3. The van der Waals surface area contributed by atoms with Crippen molar-refractivity contribution < 1.29 is 9.31 Å². The lowest BCUT2D eigenvalue weighted by Crippen LogP contribution is -2.41. The second-order valence-electron chi connectivity index (χ2n) is 5.93. The van der Waals surface area contributed by atoms with Crippen molar-refractivity contribution >= 4 is 12.8 Å². The van der Waals surface area contributed by atoms with Crippen molar-refractivity contribution in [3.8, 4) is 0 Å². The zero-order chi connectivity index (χ0) is 12.8. The van der Waals surface area contributed by atoms with Gasteiger partial charge in [0.15, 0.2) is 0 Å². The molecule has 0 aliphatic carbocycles. The van der Waals surface area contributed by atoms with Gasteiger partial charge >= 0.3 is 7.12 Å². The van der Waals surface area contributed by atoms with Crippen LogP contribution in [0.1, 0.15) is 41.5 Å². The minimum Gasteiger partial charge on any atom is -0.399 e. The summed E-state index contributed by atoms with van der Waals surface area (Å²) < 4.78 is 12.0. The van der Waals surface area contributed by atoms with E-state index < -0.39 is 0 Å². The van der Waals surface area contributed by atoms with E-state index in [2.05, 4.69) is 24.4 Å². The molecule has 0 saturated carbocycles. The molecule has 2 aliphatic rings. The molecule has 93 valence electrons. The Bertz CT molecular complexity index is 370. The normalized spacial score (nSPS) is 25.9. The van der Waals surface area contributed by atoms with E-state index in [9.17, 15) is 0 Å². The van der Waals surface area contributed by atoms with E-state index in [1.807, 2.05) is 27.7 Å². The highest BCUT2D eigenvalue weighted by atomic mass is 16.7. The maximum atomic E-state index is 6.00. The Hall–Kier alpha value is -0.805. The third kappa shape index (κ3) is 2.02. The summed E-state index contributed by atoms with van der Waals surface area (Å²) in [6.45, 7) is 12.4. The van der Waals surface area contributed by atoms with E-state index >= 15 is 0 Å². The van der Waals surface area contributed by atoms with Crippen LogP contribution in [0.4, 0.5) is 0 Å². The first-order valence-corrected chi connectivity index (χ1v) is 6.08. The first-order valence-electron chi connectivity index (χ1n) is 6.08. The van der Waals surface area contributed by atoms with Gasteiger partial charge in [-0.2, -0.15) is 10.5 Å². The van der Waals surface area contributed by atoms with Gasteiger partial charge < -0.3 is 9.31 Å². The highest BCUT2D eigenvalue weighted by Gasteiger charge is 2.53. The SMILES string of the molecule is CC(C)C1=N[N]C=C1B1OC(C)(C)C(C)(C)O1. The average Bonchev–Trinajstić information content (AvgIpc) is 2.69. The lowest BCUT2D eigenvalue weighted by Gasteiger charge is -2.32. The Labute approximate surface area is 104 Å². The van der Waals surface area contributed by atoms with E-state index in [0.29, 0.717) is 5.92 Å². The van der Waals surface area contributed by atoms with Crippen LogP contribution in [0.15, 0.2) is 16.8 Å². The first-order chi connectivity index (χ1) is 7.74. The lowest BCUT2D eigenvalue weighted by atomic mass is 9.73. The zero-order valence-corrected chi connectivity index (χ0v) is 11.4. The Morgan fingerprint density at radius 2 is 1.65 bits per heavy atom. The van der Waals surface area contributed by atoms with Crippen molar-refractivity contribution in [1.29, 1.82) is 0 Å². The molecule has 5 heteroatoms. The van der Waals surface area contributed by atoms with Gasteiger partial charge in [-0.05, 0) is 33.6 Å². The van der Waals surface area contributed by atoms with Crippen LogP contribution in [-0.2, 0) is 9.31 Å². The second-order valence-corrected chi connectivity index (χ2v) is 5.93. The van der Waals surface area contributed by atoms with Crippen molar-refractivity contribution in [3.63, 3.8) is 0 Å². The van der Waals surface area contributed by atoms with Crippen molar-refractivity contribution in [2.45, 2.75) is 52.7 Å². The highest BCUT2D eigenvalue weighted by molar-refractivity contribution is 6.62. The monoisotopic (exact) mass is 235 g/mol. The quantitative estimate of drug-likeness (QED) is 0.688. The smallest absolute Gasteiger partial charge is 0.399 e. The van der Waals surface area contributed by atoms with Gasteiger partial charge in [0, 0.05) is 5.47 Å². The van der Waals surface area contributed by atoms with Crippen LogP contribution in [0.3, 0.4) is 0 Å². The molecule has 2 heterocycles. The molecule has 2 rings (SSSR count). The third-order valence-corrected chi connectivity index (χ3v) is 3.71. The molecule has 2 aliphatic heterocycles. The molecule has 0 atom stereocenters. The van der Waals surface area contributed by atoms with Gasteiger partial charge in [0.05, 0.1) is 23.1 Å². The number of allylic oxidation sites excluding steroid dienone is 1. The Balaban J connectivity index is 2.20. The maximum absolute atomic E-state index is 6.00. The molecule has 0 aromatic carbocycles. The van der Waals surface area contributed by atoms with Crippen molar-refractivity contribution in [2.24, 2.45) is 11.0 Å². The summed E-state index contributed by atoms with van der Waals surface area (Å²) in [4.78, 5) is 0. The summed E-state index contributed by atoms with van der Waals surface area (Å²) in [5.74, 6) is 0.325. The summed E-state index contributed by atoms with van der Waals surface area (Å²) in [5, 5.41) is 4.15. The number of rotatable bonds is 2. The van der Waals surface area contributed by atoms with Gasteiger partial charge in [0.2, 0.25) is 0 Å². The van der Waals surface area contributed by atoms with Crippen LogP contribution in [0.25, 0.3) is 0 Å². The molecule has 4 nitrogen and oxygen atoms in total. The van der Waals surface area contributed by atoms with E-state index in [4.69, 9.17) is 9.31 Å². The van der Waals surface area contributed by atoms with Gasteiger partial charge in [-0.25, -0.2) is 0 Å². The predicted molar refractivity (Wildman–Crippen MR) is 68.6 cm³/mol. The third-order valence-electron chi connectivity index (χ3n) is 3.71.